The zero-order chi connectivity index (χ0) is 15.1. The highest BCUT2D eigenvalue weighted by Crippen LogP contribution is 2.29. The van der Waals surface area contributed by atoms with Gasteiger partial charge in [-0.3, -0.25) is 0 Å². The molecule has 0 radical (unpaired) electrons. The van der Waals surface area contributed by atoms with E-state index >= 15 is 0 Å². The highest BCUT2D eigenvalue weighted by Gasteiger charge is 2.25. The quantitative estimate of drug-likeness (QED) is 0.848. The van der Waals surface area contributed by atoms with E-state index in [0.29, 0.717) is 6.54 Å². The number of nitrogens with one attached hydrogen (secondary N) is 1. The summed E-state index contributed by atoms with van der Waals surface area (Å²) in [6, 6.07) is 9.34. The SMILES string of the molecule is O=S(=O)(C=Cc1ccccc1)NCC1CCCCC1CO. The Morgan fingerprint density at radius 2 is 1.81 bits per heavy atom. The zero-order valence-corrected chi connectivity index (χ0v) is 12.9. The van der Waals surface area contributed by atoms with E-state index in [-0.39, 0.29) is 18.4 Å². The summed E-state index contributed by atoms with van der Waals surface area (Å²) < 4.78 is 26.6. The van der Waals surface area contributed by atoms with Crippen molar-refractivity contribution in [2.75, 3.05) is 13.2 Å². The molecule has 1 saturated carbocycles. The van der Waals surface area contributed by atoms with E-state index in [4.69, 9.17) is 0 Å². The van der Waals surface area contributed by atoms with Crippen LogP contribution in [0.4, 0.5) is 0 Å². The van der Waals surface area contributed by atoms with Crippen molar-refractivity contribution in [3.63, 3.8) is 0 Å². The van der Waals surface area contributed by atoms with Crippen LogP contribution >= 0.6 is 0 Å². The number of aliphatic hydroxyl groups is 1. The first-order chi connectivity index (χ1) is 10.1. The lowest BCUT2D eigenvalue weighted by Crippen LogP contribution is -2.34. The third kappa shape index (κ3) is 5.26. The molecule has 21 heavy (non-hydrogen) atoms. The average Bonchev–Trinajstić information content (AvgIpc) is 2.52. The molecule has 1 fully saturated rings. The fourth-order valence-electron chi connectivity index (χ4n) is 2.80. The van der Waals surface area contributed by atoms with Gasteiger partial charge >= 0.3 is 0 Å². The minimum atomic E-state index is -3.42. The van der Waals surface area contributed by atoms with Gasteiger partial charge in [0.15, 0.2) is 0 Å². The molecule has 0 heterocycles. The molecule has 0 spiro atoms. The van der Waals surface area contributed by atoms with E-state index in [1.54, 1.807) is 6.08 Å². The Balaban J connectivity index is 1.90. The fourth-order valence-corrected chi connectivity index (χ4v) is 3.68. The van der Waals surface area contributed by atoms with E-state index in [0.717, 1.165) is 31.2 Å². The maximum Gasteiger partial charge on any atom is 0.233 e. The molecule has 5 heteroatoms. The number of aliphatic hydroxyl groups excluding tert-OH is 1. The molecule has 1 aliphatic carbocycles. The second-order valence-corrected chi connectivity index (χ2v) is 7.24. The Morgan fingerprint density at radius 1 is 1.14 bits per heavy atom. The average molecular weight is 309 g/mol. The Bertz CT molecular complexity index is 554. The lowest BCUT2D eigenvalue weighted by Gasteiger charge is -2.29. The molecule has 0 aliphatic heterocycles. The van der Waals surface area contributed by atoms with Crippen LogP contribution in [0.25, 0.3) is 6.08 Å². The van der Waals surface area contributed by atoms with Crippen LogP contribution in [0.1, 0.15) is 31.2 Å². The molecule has 2 unspecified atom stereocenters. The molecule has 116 valence electrons. The van der Waals surface area contributed by atoms with E-state index in [2.05, 4.69) is 4.72 Å². The molecule has 2 rings (SSSR count). The van der Waals surface area contributed by atoms with Gasteiger partial charge in [0, 0.05) is 18.6 Å². The Kier molecular flexibility index (Phi) is 5.96. The van der Waals surface area contributed by atoms with Crippen molar-refractivity contribution < 1.29 is 13.5 Å². The molecule has 2 atom stereocenters. The third-order valence-corrected chi connectivity index (χ3v) is 5.15. The highest BCUT2D eigenvalue weighted by molar-refractivity contribution is 7.92. The van der Waals surface area contributed by atoms with E-state index in [9.17, 15) is 13.5 Å². The number of hydrogen-bond acceptors (Lipinski definition) is 3. The Hall–Kier alpha value is -1.17. The van der Waals surface area contributed by atoms with Crippen LogP contribution in [0.3, 0.4) is 0 Å². The van der Waals surface area contributed by atoms with E-state index < -0.39 is 10.0 Å². The van der Waals surface area contributed by atoms with Gasteiger partial charge in [-0.05, 0) is 36.3 Å². The smallest absolute Gasteiger partial charge is 0.233 e. The monoisotopic (exact) mass is 309 g/mol. The molecular weight excluding hydrogens is 286 g/mol. The predicted molar refractivity (Wildman–Crippen MR) is 84.9 cm³/mol. The van der Waals surface area contributed by atoms with Crippen LogP contribution in [-0.4, -0.2) is 26.7 Å². The summed E-state index contributed by atoms with van der Waals surface area (Å²) in [5, 5.41) is 10.6. The summed E-state index contributed by atoms with van der Waals surface area (Å²) in [6.07, 6.45) is 5.80. The molecule has 0 bridgehead atoms. The first-order valence-electron chi connectivity index (χ1n) is 7.44. The Labute approximate surface area is 126 Å². The maximum absolute atomic E-state index is 12.0. The summed E-state index contributed by atoms with van der Waals surface area (Å²) >= 11 is 0. The van der Waals surface area contributed by atoms with Crippen LogP contribution in [-0.2, 0) is 10.0 Å². The number of hydrogen-bond donors (Lipinski definition) is 2. The van der Waals surface area contributed by atoms with Crippen LogP contribution in [0.5, 0.6) is 0 Å². The summed E-state index contributed by atoms with van der Waals surface area (Å²) in [5.41, 5.74) is 0.855. The van der Waals surface area contributed by atoms with Crippen molar-refractivity contribution >= 4 is 16.1 Å². The van der Waals surface area contributed by atoms with Gasteiger partial charge in [0.1, 0.15) is 0 Å². The topological polar surface area (TPSA) is 66.4 Å². The highest BCUT2D eigenvalue weighted by atomic mass is 32.2. The van der Waals surface area contributed by atoms with Gasteiger partial charge in [0.2, 0.25) is 10.0 Å². The minimum Gasteiger partial charge on any atom is -0.396 e. The van der Waals surface area contributed by atoms with Crippen molar-refractivity contribution in [2.45, 2.75) is 25.7 Å². The maximum atomic E-state index is 12.0. The standard InChI is InChI=1S/C16H23NO3S/c18-13-16-9-5-4-8-15(16)12-17-21(19,20)11-10-14-6-2-1-3-7-14/h1-3,6-7,10-11,15-18H,4-5,8-9,12-13H2. The minimum absolute atomic E-state index is 0.145. The van der Waals surface area contributed by atoms with Crippen LogP contribution in [0.15, 0.2) is 35.7 Å². The number of benzene rings is 1. The van der Waals surface area contributed by atoms with Crippen LogP contribution in [0, 0.1) is 11.8 Å². The van der Waals surface area contributed by atoms with Crippen molar-refractivity contribution in [3.05, 3.63) is 41.3 Å². The summed E-state index contributed by atoms with van der Waals surface area (Å²) in [4.78, 5) is 0. The van der Waals surface area contributed by atoms with Gasteiger partial charge in [0.25, 0.3) is 0 Å². The Morgan fingerprint density at radius 3 is 2.48 bits per heavy atom. The summed E-state index contributed by atoms with van der Waals surface area (Å²) in [5.74, 6) is 0.461. The van der Waals surface area contributed by atoms with Crippen molar-refractivity contribution in [1.82, 2.24) is 4.72 Å². The van der Waals surface area contributed by atoms with Gasteiger partial charge in [0.05, 0.1) is 0 Å². The molecule has 2 N–H and O–H groups in total. The molecule has 1 aliphatic rings. The third-order valence-electron chi connectivity index (χ3n) is 4.09. The zero-order valence-electron chi connectivity index (χ0n) is 12.1. The van der Waals surface area contributed by atoms with Gasteiger partial charge in [-0.15, -0.1) is 0 Å². The number of rotatable bonds is 6. The molecule has 0 aromatic heterocycles. The fraction of sp³-hybridized carbons (Fsp3) is 0.500. The second-order valence-electron chi connectivity index (χ2n) is 5.59. The predicted octanol–water partition coefficient (Wildman–Crippen LogP) is 2.38. The molecule has 0 saturated heterocycles. The van der Waals surface area contributed by atoms with Crippen molar-refractivity contribution in [2.24, 2.45) is 11.8 Å². The lowest BCUT2D eigenvalue weighted by atomic mass is 9.80. The van der Waals surface area contributed by atoms with Crippen molar-refractivity contribution in [1.29, 1.82) is 0 Å². The molecule has 4 nitrogen and oxygen atoms in total. The van der Waals surface area contributed by atoms with Gasteiger partial charge in [-0.1, -0.05) is 43.2 Å². The normalized spacial score (nSPS) is 23.5. The van der Waals surface area contributed by atoms with Crippen LogP contribution in [0.2, 0.25) is 0 Å². The molecular formula is C16H23NO3S. The largest absolute Gasteiger partial charge is 0.396 e. The van der Waals surface area contributed by atoms with Crippen LogP contribution < -0.4 is 4.72 Å². The van der Waals surface area contributed by atoms with Gasteiger partial charge < -0.3 is 5.11 Å². The summed E-state index contributed by atoms with van der Waals surface area (Å²) in [6.45, 7) is 0.555. The first kappa shape index (κ1) is 16.2. The van der Waals surface area contributed by atoms with Crippen molar-refractivity contribution in [3.8, 4) is 0 Å². The van der Waals surface area contributed by atoms with E-state index in [1.807, 2.05) is 30.3 Å². The molecule has 1 aromatic carbocycles. The second kappa shape index (κ2) is 7.73. The first-order valence-corrected chi connectivity index (χ1v) is 8.99. The molecule has 0 amide bonds. The molecule has 1 aromatic rings. The van der Waals surface area contributed by atoms with E-state index in [1.165, 1.54) is 5.41 Å². The van der Waals surface area contributed by atoms with Gasteiger partial charge in [-0.25, -0.2) is 13.1 Å². The van der Waals surface area contributed by atoms with Gasteiger partial charge in [-0.2, -0.15) is 0 Å². The summed E-state index contributed by atoms with van der Waals surface area (Å²) in [7, 11) is -3.42. The number of sulfonamides is 1. The lowest BCUT2D eigenvalue weighted by molar-refractivity contribution is 0.136.